The molecule has 0 bridgehead atoms. The first-order valence-corrected chi connectivity index (χ1v) is 7.81. The van der Waals surface area contributed by atoms with E-state index in [1.54, 1.807) is 12.3 Å². The Morgan fingerprint density at radius 3 is 2.85 bits per heavy atom. The van der Waals surface area contributed by atoms with Gasteiger partial charge in [-0.3, -0.25) is 9.78 Å². The quantitative estimate of drug-likeness (QED) is 0.737. The predicted octanol–water partition coefficient (Wildman–Crippen LogP) is 3.97. The first-order valence-electron chi connectivity index (χ1n) is 6.22. The summed E-state index contributed by atoms with van der Waals surface area (Å²) in [5, 5.41) is 0. The fraction of sp³-hybridized carbons (Fsp3) is 0.200. The van der Waals surface area contributed by atoms with Gasteiger partial charge in [0.1, 0.15) is 11.4 Å². The Morgan fingerprint density at radius 2 is 2.10 bits per heavy atom. The van der Waals surface area contributed by atoms with E-state index in [4.69, 9.17) is 4.74 Å². The third-order valence-corrected chi connectivity index (χ3v) is 4.12. The van der Waals surface area contributed by atoms with E-state index in [2.05, 4.69) is 36.8 Å². The van der Waals surface area contributed by atoms with Crippen LogP contribution in [0.25, 0.3) is 0 Å². The molecule has 0 unspecified atom stereocenters. The van der Waals surface area contributed by atoms with Crippen molar-refractivity contribution in [3.8, 4) is 5.75 Å². The number of rotatable bonds is 3. The molecule has 1 aromatic carbocycles. The summed E-state index contributed by atoms with van der Waals surface area (Å²) in [7, 11) is 0. The molecule has 102 valence electrons. The van der Waals surface area contributed by atoms with Gasteiger partial charge >= 0.3 is 0 Å². The van der Waals surface area contributed by atoms with Gasteiger partial charge in [-0.2, -0.15) is 0 Å². The number of fused-ring (bicyclic) bond motifs is 1. The minimum Gasteiger partial charge on any atom is -0.493 e. The Morgan fingerprint density at radius 1 is 1.25 bits per heavy atom. The lowest BCUT2D eigenvalue weighted by Crippen LogP contribution is -2.07. The number of nitrogens with zero attached hydrogens (tertiary/aromatic N) is 1. The second kappa shape index (κ2) is 5.66. The number of halogens is 2. The molecule has 0 saturated heterocycles. The van der Waals surface area contributed by atoms with E-state index in [9.17, 15) is 4.79 Å². The molecule has 1 aliphatic heterocycles. The number of ketones is 1. The van der Waals surface area contributed by atoms with Crippen molar-refractivity contribution >= 4 is 37.6 Å². The Labute approximate surface area is 133 Å². The largest absolute Gasteiger partial charge is 0.493 e. The molecule has 0 aliphatic carbocycles. The SMILES string of the molecule is O=C(Cc1cc(Br)cc2c1OCC2)c1ccc(Br)cn1. The summed E-state index contributed by atoms with van der Waals surface area (Å²) in [6.07, 6.45) is 2.83. The molecule has 0 amide bonds. The van der Waals surface area contributed by atoms with Crippen LogP contribution in [0.4, 0.5) is 0 Å². The maximum Gasteiger partial charge on any atom is 0.185 e. The highest BCUT2D eigenvalue weighted by Crippen LogP contribution is 2.33. The first kappa shape index (κ1) is 13.8. The molecule has 0 radical (unpaired) electrons. The number of pyridine rings is 1. The highest BCUT2D eigenvalue weighted by molar-refractivity contribution is 9.10. The molecule has 20 heavy (non-hydrogen) atoms. The molecule has 5 heteroatoms. The molecule has 0 fully saturated rings. The molecule has 0 N–H and O–H groups in total. The number of carbonyl (C=O) groups excluding carboxylic acids is 1. The van der Waals surface area contributed by atoms with Crippen LogP contribution in [0.15, 0.2) is 39.4 Å². The minimum atomic E-state index is -0.00620. The highest BCUT2D eigenvalue weighted by atomic mass is 79.9. The monoisotopic (exact) mass is 395 g/mol. The number of carbonyl (C=O) groups is 1. The number of hydrogen-bond donors (Lipinski definition) is 0. The molecule has 0 atom stereocenters. The fourth-order valence-corrected chi connectivity index (χ4v) is 3.07. The number of Topliss-reactive ketones (excluding diaryl/α,β-unsaturated/α-hetero) is 1. The zero-order valence-electron chi connectivity index (χ0n) is 10.5. The smallest absolute Gasteiger partial charge is 0.185 e. The van der Waals surface area contributed by atoms with E-state index in [0.717, 1.165) is 32.2 Å². The average molecular weight is 397 g/mol. The molecular weight excluding hydrogens is 386 g/mol. The molecule has 1 aromatic heterocycles. The molecule has 3 rings (SSSR count). The maximum absolute atomic E-state index is 12.3. The summed E-state index contributed by atoms with van der Waals surface area (Å²) in [6.45, 7) is 0.684. The standard InChI is InChI=1S/C15H11Br2NO2/c16-11-1-2-13(18-8-11)14(19)7-10-6-12(17)5-9-3-4-20-15(9)10/h1-2,5-6,8H,3-4,7H2. The van der Waals surface area contributed by atoms with Crippen molar-refractivity contribution in [2.75, 3.05) is 6.61 Å². The average Bonchev–Trinajstić information content (AvgIpc) is 2.87. The van der Waals surface area contributed by atoms with Crippen LogP contribution in [0.2, 0.25) is 0 Å². The van der Waals surface area contributed by atoms with E-state index in [-0.39, 0.29) is 5.78 Å². The van der Waals surface area contributed by atoms with E-state index in [1.807, 2.05) is 18.2 Å². The summed E-state index contributed by atoms with van der Waals surface area (Å²) in [4.78, 5) is 16.4. The summed E-state index contributed by atoms with van der Waals surface area (Å²) in [5.41, 5.74) is 2.55. The second-order valence-electron chi connectivity index (χ2n) is 4.61. The molecule has 1 aliphatic rings. The highest BCUT2D eigenvalue weighted by Gasteiger charge is 2.20. The van der Waals surface area contributed by atoms with E-state index >= 15 is 0 Å². The molecule has 2 aromatic rings. The van der Waals surface area contributed by atoms with Gasteiger partial charge in [-0.15, -0.1) is 0 Å². The lowest BCUT2D eigenvalue weighted by molar-refractivity contribution is 0.0987. The third kappa shape index (κ3) is 2.79. The lowest BCUT2D eigenvalue weighted by Gasteiger charge is -2.08. The first-order chi connectivity index (χ1) is 9.63. The van der Waals surface area contributed by atoms with Crippen molar-refractivity contribution in [2.24, 2.45) is 0 Å². The lowest BCUT2D eigenvalue weighted by atomic mass is 10.0. The second-order valence-corrected chi connectivity index (χ2v) is 6.44. The maximum atomic E-state index is 12.3. The van der Waals surface area contributed by atoms with Crippen LogP contribution in [0.3, 0.4) is 0 Å². The van der Waals surface area contributed by atoms with Gasteiger partial charge in [0, 0.05) is 33.5 Å². The summed E-state index contributed by atoms with van der Waals surface area (Å²) in [6, 6.07) is 7.54. The van der Waals surface area contributed by atoms with E-state index < -0.39 is 0 Å². The fourth-order valence-electron chi connectivity index (χ4n) is 2.28. The molecular formula is C15H11Br2NO2. The topological polar surface area (TPSA) is 39.2 Å². The van der Waals surface area contributed by atoms with Gasteiger partial charge in [-0.25, -0.2) is 0 Å². The molecule has 3 nitrogen and oxygen atoms in total. The number of aromatic nitrogens is 1. The minimum absolute atomic E-state index is 0.00620. The Kier molecular flexibility index (Phi) is 3.89. The van der Waals surface area contributed by atoms with Gasteiger partial charge in [-0.05, 0) is 45.8 Å². The van der Waals surface area contributed by atoms with Crippen LogP contribution < -0.4 is 4.74 Å². The van der Waals surface area contributed by atoms with Gasteiger partial charge in [-0.1, -0.05) is 15.9 Å². The van der Waals surface area contributed by atoms with Crippen molar-refractivity contribution < 1.29 is 9.53 Å². The van der Waals surface area contributed by atoms with E-state index in [0.29, 0.717) is 18.7 Å². The number of ether oxygens (including phenoxy) is 1. The van der Waals surface area contributed by atoms with Crippen LogP contribution in [-0.4, -0.2) is 17.4 Å². The third-order valence-electron chi connectivity index (χ3n) is 3.19. The van der Waals surface area contributed by atoms with Gasteiger partial charge in [0.15, 0.2) is 5.78 Å². The Hall–Kier alpha value is -1.20. The number of benzene rings is 1. The zero-order chi connectivity index (χ0) is 14.1. The summed E-state index contributed by atoms with van der Waals surface area (Å²) in [5.74, 6) is 0.854. The van der Waals surface area contributed by atoms with Crippen molar-refractivity contribution in [1.82, 2.24) is 4.98 Å². The van der Waals surface area contributed by atoms with E-state index in [1.165, 1.54) is 0 Å². The Balaban J connectivity index is 1.88. The predicted molar refractivity (Wildman–Crippen MR) is 83.3 cm³/mol. The van der Waals surface area contributed by atoms with Gasteiger partial charge < -0.3 is 4.74 Å². The van der Waals surface area contributed by atoms with Crippen molar-refractivity contribution in [1.29, 1.82) is 0 Å². The van der Waals surface area contributed by atoms with Crippen LogP contribution in [0.1, 0.15) is 21.6 Å². The van der Waals surface area contributed by atoms with Crippen LogP contribution in [-0.2, 0) is 12.8 Å². The summed E-state index contributed by atoms with van der Waals surface area (Å²) >= 11 is 6.79. The van der Waals surface area contributed by atoms with Crippen LogP contribution in [0.5, 0.6) is 5.75 Å². The number of hydrogen-bond acceptors (Lipinski definition) is 3. The summed E-state index contributed by atoms with van der Waals surface area (Å²) < 4.78 is 7.48. The van der Waals surface area contributed by atoms with Gasteiger partial charge in [0.25, 0.3) is 0 Å². The Bertz CT molecular complexity index is 668. The van der Waals surface area contributed by atoms with Gasteiger partial charge in [0.05, 0.1) is 6.61 Å². The molecule has 2 heterocycles. The van der Waals surface area contributed by atoms with Crippen molar-refractivity contribution in [3.63, 3.8) is 0 Å². The van der Waals surface area contributed by atoms with Crippen LogP contribution >= 0.6 is 31.9 Å². The zero-order valence-corrected chi connectivity index (χ0v) is 13.7. The molecule has 0 spiro atoms. The van der Waals surface area contributed by atoms with Crippen LogP contribution in [0, 0.1) is 0 Å². The van der Waals surface area contributed by atoms with Gasteiger partial charge in [0.2, 0.25) is 0 Å². The molecule has 0 saturated carbocycles. The van der Waals surface area contributed by atoms with Crippen molar-refractivity contribution in [3.05, 3.63) is 56.2 Å². The van der Waals surface area contributed by atoms with Crippen molar-refractivity contribution in [2.45, 2.75) is 12.8 Å². The normalized spacial score (nSPS) is 12.9.